The summed E-state index contributed by atoms with van der Waals surface area (Å²) in [6, 6.07) is 98.5. The molecule has 0 aliphatic heterocycles. The van der Waals surface area contributed by atoms with Gasteiger partial charge in [0.15, 0.2) is 5.69 Å². The molecule has 0 aliphatic carbocycles. The molecular formula is C86H60F4IrN7O2-3. The van der Waals surface area contributed by atoms with E-state index in [1.807, 2.05) is 0 Å². The van der Waals surface area contributed by atoms with Crippen molar-refractivity contribution in [3.63, 3.8) is 0 Å². The molecule has 0 bridgehead atoms. The van der Waals surface area contributed by atoms with Crippen LogP contribution in [0.4, 0.5) is 34.6 Å². The summed E-state index contributed by atoms with van der Waals surface area (Å²) in [5.74, 6) is -3.02. The average molecular weight is 1490 g/mol. The van der Waals surface area contributed by atoms with Gasteiger partial charge >= 0.3 is 5.97 Å². The second kappa shape index (κ2) is 29.1. The van der Waals surface area contributed by atoms with Crippen molar-refractivity contribution in [2.24, 2.45) is 0 Å². The summed E-state index contributed by atoms with van der Waals surface area (Å²) in [6.45, 7) is 7.20. The Morgan fingerprint density at radius 1 is 0.380 bits per heavy atom. The van der Waals surface area contributed by atoms with Crippen LogP contribution in [-0.2, 0) is 24.8 Å². The molecule has 491 valence electrons. The number of halogens is 4. The summed E-state index contributed by atoms with van der Waals surface area (Å²) in [7, 11) is 6.59. The van der Waals surface area contributed by atoms with E-state index in [0.717, 1.165) is 46.3 Å². The molecule has 0 aliphatic rings. The van der Waals surface area contributed by atoms with Gasteiger partial charge in [-0.2, -0.15) is 32.1 Å². The van der Waals surface area contributed by atoms with Crippen LogP contribution in [0.25, 0.3) is 105 Å². The van der Waals surface area contributed by atoms with Crippen molar-refractivity contribution in [3.05, 3.63) is 384 Å². The molecule has 6 aromatic heterocycles. The van der Waals surface area contributed by atoms with E-state index in [1.54, 1.807) is 73.2 Å². The van der Waals surface area contributed by atoms with Crippen molar-refractivity contribution < 1.29 is 51.8 Å². The third kappa shape index (κ3) is 13.0. The molecule has 14 heteroatoms. The zero-order chi connectivity index (χ0) is 68.1. The van der Waals surface area contributed by atoms with Crippen molar-refractivity contribution in [1.29, 1.82) is 0 Å². The first-order valence-corrected chi connectivity index (χ1v) is 31.7. The number of benzene rings is 11. The van der Waals surface area contributed by atoms with Gasteiger partial charge in [0, 0.05) is 117 Å². The van der Waals surface area contributed by atoms with Crippen molar-refractivity contribution in [2.45, 2.75) is 0 Å². The number of ether oxygens (including phenoxy) is 1. The van der Waals surface area contributed by atoms with Crippen molar-refractivity contribution in [2.75, 3.05) is 4.90 Å². The van der Waals surface area contributed by atoms with Crippen LogP contribution in [-0.4, -0.2) is 29.6 Å². The molecule has 6 heterocycles. The van der Waals surface area contributed by atoms with E-state index in [1.165, 1.54) is 82.1 Å². The Morgan fingerprint density at radius 2 is 0.670 bits per heavy atom. The van der Waals surface area contributed by atoms with Gasteiger partial charge in [-0.3, -0.25) is 14.8 Å². The molecule has 11 aromatic carbocycles. The number of para-hydroxylation sites is 6. The van der Waals surface area contributed by atoms with Crippen molar-refractivity contribution >= 4 is 88.4 Å². The van der Waals surface area contributed by atoms with Crippen LogP contribution < -0.4 is 9.47 Å². The Labute approximate surface area is 588 Å². The molecule has 17 aromatic rings. The zero-order valence-corrected chi connectivity index (χ0v) is 56.0. The predicted molar refractivity (Wildman–Crippen MR) is 390 cm³/mol. The van der Waals surface area contributed by atoms with E-state index in [-0.39, 0.29) is 31.2 Å². The summed E-state index contributed by atoms with van der Waals surface area (Å²) in [5.41, 5.74) is 16.2. The Balaban J connectivity index is 0.000000171. The summed E-state index contributed by atoms with van der Waals surface area (Å²) >= 11 is 0. The van der Waals surface area contributed by atoms with Gasteiger partial charge in [-0.25, -0.2) is 17.6 Å². The largest absolute Gasteiger partial charge is 0.642 e. The molecule has 0 atom stereocenters. The Morgan fingerprint density at radius 3 is 0.940 bits per heavy atom. The number of esters is 1. The van der Waals surface area contributed by atoms with E-state index in [9.17, 15) is 22.4 Å². The van der Waals surface area contributed by atoms with Crippen LogP contribution in [0.15, 0.2) is 316 Å². The summed E-state index contributed by atoms with van der Waals surface area (Å²) < 4.78 is 65.4. The topological polar surface area (TPSA) is 74.0 Å². The van der Waals surface area contributed by atoms with E-state index in [4.69, 9.17) is 0 Å². The maximum Gasteiger partial charge on any atom is 0.313 e. The van der Waals surface area contributed by atoms with Crippen molar-refractivity contribution in [3.8, 4) is 39.6 Å². The van der Waals surface area contributed by atoms with Crippen molar-refractivity contribution in [1.82, 2.24) is 23.7 Å². The van der Waals surface area contributed by atoms with E-state index >= 15 is 0 Å². The number of carbonyl (C=O) groups is 1. The van der Waals surface area contributed by atoms with Crippen LogP contribution in [0, 0.1) is 51.3 Å². The number of anilines is 3. The number of hydrogen-bond donors (Lipinski definition) is 0. The number of carbonyl (C=O) groups excluding carboxylic acids is 1. The van der Waals surface area contributed by atoms with Gasteiger partial charge in [0.05, 0.1) is 62.6 Å². The molecular weight excluding hydrogens is 1430 g/mol. The number of rotatable bonds is 9. The van der Waals surface area contributed by atoms with Gasteiger partial charge in [-0.05, 0) is 152 Å². The van der Waals surface area contributed by atoms with E-state index in [0.29, 0.717) is 28.2 Å². The predicted octanol–water partition coefficient (Wildman–Crippen LogP) is 21.4. The molecule has 9 nitrogen and oxygen atoms in total. The quantitative estimate of drug-likeness (QED) is 0.0623. The molecule has 0 saturated heterocycles. The Hall–Kier alpha value is -12.5. The SMILES string of the molecule is [CH2-]OC(=O)c1cccc[n+]1[CH2-].[CH2-]c1cc(F)cc(F)c1-c1ccccn1.[CH2-]c1cc(F)cc(F)c1-c1ccccn1.[Ir].c1ccc2c(c1)c1ccccc1n2-c1ccc(N(c2ccc(-n3c4ccccc4c4ccccc43)cc2)c2ccc(-n3c4ccccc4c4ccccc43)cc2)cc1. The fraction of sp³-hybridized carbons (Fsp3) is 0. The van der Waals surface area contributed by atoms with Gasteiger partial charge in [-0.1, -0.05) is 145 Å². The normalized spacial score (nSPS) is 10.9. The second-order valence-electron chi connectivity index (χ2n) is 23.3. The third-order valence-corrected chi connectivity index (χ3v) is 17.2. The number of pyridine rings is 3. The van der Waals surface area contributed by atoms with E-state index in [2.05, 4.69) is 280 Å². The third-order valence-electron chi connectivity index (χ3n) is 17.2. The molecule has 0 saturated carbocycles. The summed E-state index contributed by atoms with van der Waals surface area (Å²) in [5, 5.41) is 7.56. The molecule has 0 spiro atoms. The molecule has 0 amide bonds. The molecule has 0 N–H and O–H groups in total. The zero-order valence-electron chi connectivity index (χ0n) is 53.6. The number of aromatic nitrogens is 6. The summed E-state index contributed by atoms with van der Waals surface area (Å²) in [6.07, 6.45) is 4.77. The summed E-state index contributed by atoms with van der Waals surface area (Å²) in [4.78, 5) is 21.2. The molecule has 0 unspecified atom stereocenters. The first kappa shape index (κ1) is 66.1. The van der Waals surface area contributed by atoms with Crippen LogP contribution in [0.5, 0.6) is 0 Å². The number of hydrogen-bond acceptors (Lipinski definition) is 5. The number of fused-ring (bicyclic) bond motifs is 9. The first-order chi connectivity index (χ1) is 48.4. The first-order valence-electron chi connectivity index (χ1n) is 31.7. The minimum absolute atomic E-state index is 0. The maximum atomic E-state index is 13.5. The monoisotopic (exact) mass is 1490 g/mol. The van der Waals surface area contributed by atoms with Gasteiger partial charge in [0.1, 0.15) is 0 Å². The molecule has 0 fully saturated rings. The minimum Gasteiger partial charge on any atom is -0.642 e. The Bertz CT molecular complexity index is 5110. The standard InChI is InChI=1S/C54H36N4.2C12H8F2N.C8H8NO2.Ir/c1-7-19-49-43(13-1)44-14-2-8-20-50(44)56(49)40-31-25-37(26-32-40)55(38-27-33-41(34-28-38)57-51-21-9-3-15-45(51)46-16-4-10-22-52(46)57)39-29-35-42(36-30-39)58-53-23-11-5-17-47(53)48-18-6-12-24-54(48)58;2*1-8-6-9(13)7-10(14)12(8)11-4-2-3-5-15-11;1-9-6-4-3-5-7(9)8(10)11-2;/h1-36H;2*2-7H,1H2;3-6H,1-2H2;/q;3*-1;. The van der Waals surface area contributed by atoms with Crippen LogP contribution >= 0.6 is 0 Å². The van der Waals surface area contributed by atoms with Gasteiger partial charge < -0.3 is 27.9 Å². The van der Waals surface area contributed by atoms with Crippen LogP contribution in [0.2, 0.25) is 0 Å². The maximum absolute atomic E-state index is 13.5. The van der Waals surface area contributed by atoms with Gasteiger partial charge in [0.2, 0.25) is 0 Å². The van der Waals surface area contributed by atoms with E-state index < -0.39 is 29.2 Å². The van der Waals surface area contributed by atoms with Crippen LogP contribution in [0.1, 0.15) is 21.6 Å². The average Bonchev–Trinajstić information content (AvgIpc) is 1.60. The number of nitrogens with zero attached hydrogens (tertiary/aromatic N) is 7. The van der Waals surface area contributed by atoms with Gasteiger partial charge in [-0.15, -0.1) is 12.1 Å². The van der Waals surface area contributed by atoms with Gasteiger partial charge in [0.25, 0.3) is 0 Å². The smallest absolute Gasteiger partial charge is 0.313 e. The minimum atomic E-state index is -0.640. The Kier molecular flexibility index (Phi) is 19.2. The fourth-order valence-corrected chi connectivity index (χ4v) is 12.9. The molecule has 17 rings (SSSR count). The second-order valence-corrected chi connectivity index (χ2v) is 23.3. The fourth-order valence-electron chi connectivity index (χ4n) is 12.9. The molecule has 1 radical (unpaired) electrons. The molecule has 100 heavy (non-hydrogen) atoms. The van der Waals surface area contributed by atoms with Crippen LogP contribution in [0.3, 0.4) is 0 Å².